The lowest BCUT2D eigenvalue weighted by Gasteiger charge is -2.16. The average Bonchev–Trinajstić information content (AvgIpc) is 2.50. The van der Waals surface area contributed by atoms with E-state index >= 15 is 0 Å². The molecule has 0 aromatic heterocycles. The highest BCUT2D eigenvalue weighted by molar-refractivity contribution is 6.36. The van der Waals surface area contributed by atoms with Crippen molar-refractivity contribution in [2.45, 2.75) is 12.8 Å². The normalized spacial score (nSPS) is 12.2. The molecule has 0 bridgehead atoms. The minimum Gasteiger partial charge on any atom is -0.497 e. The fourth-order valence-corrected chi connectivity index (χ4v) is 3.06. The second-order valence-corrected chi connectivity index (χ2v) is 6.10. The van der Waals surface area contributed by atoms with Crippen LogP contribution in [0.4, 0.5) is 0 Å². The van der Waals surface area contributed by atoms with Crippen molar-refractivity contribution in [1.29, 1.82) is 0 Å². The van der Waals surface area contributed by atoms with Crippen LogP contribution in [0.3, 0.4) is 0 Å². The molecule has 21 heavy (non-hydrogen) atoms. The molecule has 2 aromatic carbocycles. The number of rotatable bonds is 6. The summed E-state index contributed by atoms with van der Waals surface area (Å²) >= 11 is 18.6. The lowest BCUT2D eigenvalue weighted by molar-refractivity contribution is 0.414. The highest BCUT2D eigenvalue weighted by atomic mass is 35.5. The van der Waals surface area contributed by atoms with Crippen LogP contribution in [0.25, 0.3) is 0 Å². The van der Waals surface area contributed by atoms with Crippen molar-refractivity contribution in [3.05, 3.63) is 63.6 Å². The molecular formula is C17H17Cl3O. The number of alkyl halides is 1. The number of ether oxygens (including phenoxy) is 1. The topological polar surface area (TPSA) is 9.23 Å². The third-order valence-corrected chi connectivity index (χ3v) is 4.60. The smallest absolute Gasteiger partial charge is 0.118 e. The van der Waals surface area contributed by atoms with Crippen LogP contribution < -0.4 is 4.74 Å². The second kappa shape index (κ2) is 7.93. The zero-order valence-corrected chi connectivity index (χ0v) is 14.1. The average molecular weight is 344 g/mol. The molecule has 1 nitrogen and oxygen atoms in total. The molecule has 0 aliphatic carbocycles. The van der Waals surface area contributed by atoms with Crippen LogP contribution in [0, 0.1) is 5.92 Å². The lowest BCUT2D eigenvalue weighted by Crippen LogP contribution is -2.11. The van der Waals surface area contributed by atoms with Crippen molar-refractivity contribution in [2.75, 3.05) is 13.0 Å². The fraction of sp³-hybridized carbons (Fsp3) is 0.294. The minimum absolute atomic E-state index is 0.289. The molecule has 0 fully saturated rings. The van der Waals surface area contributed by atoms with Crippen LogP contribution in [0.5, 0.6) is 5.75 Å². The summed E-state index contributed by atoms with van der Waals surface area (Å²) in [4.78, 5) is 0. The first-order chi connectivity index (χ1) is 10.1. The Bertz CT molecular complexity index is 561. The fourth-order valence-electron chi connectivity index (χ4n) is 2.29. The molecule has 1 atom stereocenters. The molecule has 0 saturated heterocycles. The minimum atomic E-state index is 0.289. The first-order valence-corrected chi connectivity index (χ1v) is 8.05. The molecule has 0 amide bonds. The van der Waals surface area contributed by atoms with Gasteiger partial charge in [0, 0.05) is 15.9 Å². The highest BCUT2D eigenvalue weighted by Gasteiger charge is 2.14. The van der Waals surface area contributed by atoms with E-state index in [9.17, 15) is 0 Å². The van der Waals surface area contributed by atoms with Crippen LogP contribution in [0.15, 0.2) is 42.5 Å². The van der Waals surface area contributed by atoms with E-state index in [1.54, 1.807) is 7.11 Å². The Morgan fingerprint density at radius 1 is 0.952 bits per heavy atom. The molecule has 2 aromatic rings. The van der Waals surface area contributed by atoms with Crippen molar-refractivity contribution < 1.29 is 4.74 Å². The van der Waals surface area contributed by atoms with E-state index in [2.05, 4.69) is 12.1 Å². The van der Waals surface area contributed by atoms with Gasteiger partial charge >= 0.3 is 0 Å². The van der Waals surface area contributed by atoms with Gasteiger partial charge in [-0.05, 0) is 54.2 Å². The van der Waals surface area contributed by atoms with Crippen LogP contribution in [-0.4, -0.2) is 13.0 Å². The maximum Gasteiger partial charge on any atom is 0.118 e. The molecule has 0 radical (unpaired) electrons. The van der Waals surface area contributed by atoms with Gasteiger partial charge < -0.3 is 4.74 Å². The summed E-state index contributed by atoms with van der Waals surface area (Å²) in [5, 5.41) is 1.40. The predicted octanol–water partition coefficient (Wildman–Crippen LogP) is 5.64. The molecule has 0 aliphatic heterocycles. The van der Waals surface area contributed by atoms with Crippen molar-refractivity contribution in [3.63, 3.8) is 0 Å². The van der Waals surface area contributed by atoms with Gasteiger partial charge in [0.15, 0.2) is 0 Å². The van der Waals surface area contributed by atoms with Gasteiger partial charge in [-0.3, -0.25) is 0 Å². The van der Waals surface area contributed by atoms with Gasteiger partial charge in [0.25, 0.3) is 0 Å². The van der Waals surface area contributed by atoms with E-state index in [-0.39, 0.29) is 5.92 Å². The largest absolute Gasteiger partial charge is 0.497 e. The van der Waals surface area contributed by atoms with Crippen LogP contribution in [0.2, 0.25) is 10.0 Å². The van der Waals surface area contributed by atoms with E-state index in [1.807, 2.05) is 30.3 Å². The molecule has 0 aliphatic rings. The van der Waals surface area contributed by atoms with E-state index in [0.29, 0.717) is 15.9 Å². The standard InChI is InChI=1S/C17H17Cl3O/c1-21-14-7-5-12(6-8-14)9-13(11-18)10-15-16(19)3-2-4-17(15)20/h2-8,13H,9-11H2,1H3. The van der Waals surface area contributed by atoms with Crippen molar-refractivity contribution >= 4 is 34.8 Å². The first kappa shape index (κ1) is 16.5. The highest BCUT2D eigenvalue weighted by Crippen LogP contribution is 2.28. The summed E-state index contributed by atoms with van der Waals surface area (Å²) in [6.07, 6.45) is 1.66. The predicted molar refractivity (Wildman–Crippen MR) is 91.1 cm³/mol. The molecule has 0 heterocycles. The monoisotopic (exact) mass is 342 g/mol. The van der Waals surface area contributed by atoms with Gasteiger partial charge in [-0.1, -0.05) is 41.4 Å². The maximum absolute atomic E-state index is 6.23. The molecule has 0 N–H and O–H groups in total. The van der Waals surface area contributed by atoms with E-state index in [1.165, 1.54) is 5.56 Å². The van der Waals surface area contributed by atoms with Gasteiger partial charge in [0.05, 0.1) is 7.11 Å². The van der Waals surface area contributed by atoms with Crippen LogP contribution in [-0.2, 0) is 12.8 Å². The zero-order chi connectivity index (χ0) is 15.2. The summed E-state index contributed by atoms with van der Waals surface area (Å²) in [7, 11) is 1.66. The molecule has 2 rings (SSSR count). The van der Waals surface area contributed by atoms with Gasteiger partial charge in [0.1, 0.15) is 5.75 Å². The quantitative estimate of drug-likeness (QED) is 0.616. The van der Waals surface area contributed by atoms with Crippen molar-refractivity contribution in [3.8, 4) is 5.75 Å². The molecule has 4 heteroatoms. The Morgan fingerprint density at radius 2 is 1.57 bits per heavy atom. The summed E-state index contributed by atoms with van der Waals surface area (Å²) in [5.41, 5.74) is 2.20. The lowest BCUT2D eigenvalue weighted by atomic mass is 9.94. The summed E-state index contributed by atoms with van der Waals surface area (Å²) in [6.45, 7) is 0. The third-order valence-electron chi connectivity index (χ3n) is 3.46. The molecule has 0 saturated carbocycles. The summed E-state index contributed by atoms with van der Waals surface area (Å²) < 4.78 is 5.17. The van der Waals surface area contributed by atoms with Gasteiger partial charge in [-0.15, -0.1) is 11.6 Å². The Balaban J connectivity index is 2.09. The molecule has 112 valence electrons. The summed E-state index contributed by atoms with van der Waals surface area (Å²) in [5.74, 6) is 1.71. The maximum atomic E-state index is 6.23. The number of methoxy groups -OCH3 is 1. The Labute approximate surface area is 140 Å². The number of halogens is 3. The van der Waals surface area contributed by atoms with Crippen LogP contribution in [0.1, 0.15) is 11.1 Å². The number of benzene rings is 2. The Morgan fingerprint density at radius 3 is 2.10 bits per heavy atom. The zero-order valence-electron chi connectivity index (χ0n) is 11.8. The Kier molecular flexibility index (Phi) is 6.22. The number of hydrogen-bond acceptors (Lipinski definition) is 1. The SMILES string of the molecule is COc1ccc(CC(CCl)Cc2c(Cl)cccc2Cl)cc1. The third kappa shape index (κ3) is 4.54. The molecule has 1 unspecified atom stereocenters. The molecule has 0 spiro atoms. The van der Waals surface area contributed by atoms with Gasteiger partial charge in [-0.25, -0.2) is 0 Å². The second-order valence-electron chi connectivity index (χ2n) is 4.98. The van der Waals surface area contributed by atoms with Gasteiger partial charge in [0.2, 0.25) is 0 Å². The molecular weight excluding hydrogens is 327 g/mol. The first-order valence-electron chi connectivity index (χ1n) is 6.75. The van der Waals surface area contributed by atoms with E-state index in [4.69, 9.17) is 39.5 Å². The van der Waals surface area contributed by atoms with E-state index in [0.717, 1.165) is 24.2 Å². The van der Waals surface area contributed by atoms with Crippen LogP contribution >= 0.6 is 34.8 Å². The van der Waals surface area contributed by atoms with Crippen molar-refractivity contribution in [1.82, 2.24) is 0 Å². The van der Waals surface area contributed by atoms with Crippen molar-refractivity contribution in [2.24, 2.45) is 5.92 Å². The summed E-state index contributed by atoms with van der Waals surface area (Å²) in [6, 6.07) is 13.6. The Hall–Kier alpha value is -0.890. The van der Waals surface area contributed by atoms with E-state index < -0.39 is 0 Å². The number of hydrogen-bond donors (Lipinski definition) is 0. The van der Waals surface area contributed by atoms with Gasteiger partial charge in [-0.2, -0.15) is 0 Å².